The van der Waals surface area contributed by atoms with Gasteiger partial charge in [-0.05, 0) is 42.7 Å². The van der Waals surface area contributed by atoms with Crippen LogP contribution in [0.25, 0.3) is 0 Å². The molecule has 1 amide bonds. The molecule has 0 radical (unpaired) electrons. The lowest BCUT2D eigenvalue weighted by Gasteiger charge is -2.53. The maximum atomic E-state index is 12.9. The van der Waals surface area contributed by atoms with Gasteiger partial charge >= 0.3 is 0 Å². The van der Waals surface area contributed by atoms with Crippen molar-refractivity contribution < 1.29 is 13.2 Å². The van der Waals surface area contributed by atoms with Crippen molar-refractivity contribution in [3.05, 3.63) is 46.7 Å². The minimum Gasteiger partial charge on any atom is -0.354 e. The summed E-state index contributed by atoms with van der Waals surface area (Å²) in [6.07, 6.45) is 5.22. The molecule has 156 valence electrons. The number of sulfonamides is 1. The van der Waals surface area contributed by atoms with Crippen molar-refractivity contribution in [3.63, 3.8) is 0 Å². The van der Waals surface area contributed by atoms with E-state index in [2.05, 4.69) is 15.6 Å². The Bertz CT molecular complexity index is 1010. The van der Waals surface area contributed by atoms with Crippen LogP contribution < -0.4 is 5.32 Å². The van der Waals surface area contributed by atoms with Crippen LogP contribution in [0.15, 0.2) is 30.5 Å². The Balaban J connectivity index is 1.43. The van der Waals surface area contributed by atoms with Gasteiger partial charge < -0.3 is 5.32 Å². The van der Waals surface area contributed by atoms with Crippen LogP contribution in [0.2, 0.25) is 5.02 Å². The number of carbonyl (C=O) groups is 1. The highest BCUT2D eigenvalue weighted by Gasteiger charge is 2.50. The van der Waals surface area contributed by atoms with Crippen molar-refractivity contribution in [2.45, 2.75) is 37.5 Å². The van der Waals surface area contributed by atoms with Gasteiger partial charge in [-0.1, -0.05) is 35.0 Å². The summed E-state index contributed by atoms with van der Waals surface area (Å²) >= 11 is 6.14. The summed E-state index contributed by atoms with van der Waals surface area (Å²) in [7, 11) is -1.86. The number of hydrogen-bond acceptors (Lipinski definition) is 5. The van der Waals surface area contributed by atoms with Crippen LogP contribution in [-0.2, 0) is 15.8 Å². The Kier molecular flexibility index (Phi) is 5.39. The quantitative estimate of drug-likeness (QED) is 0.773. The second-order valence-electron chi connectivity index (χ2n) is 7.83. The number of piperidine rings is 1. The molecule has 8 nitrogen and oxygen atoms in total. The van der Waals surface area contributed by atoms with Crippen molar-refractivity contribution in [1.29, 1.82) is 0 Å². The first-order chi connectivity index (χ1) is 13.8. The topological polar surface area (TPSA) is 97.2 Å². The zero-order chi connectivity index (χ0) is 20.6. The first-order valence-corrected chi connectivity index (χ1v) is 11.7. The summed E-state index contributed by atoms with van der Waals surface area (Å²) in [5.74, 6) is -0.341. The lowest BCUT2D eigenvalue weighted by molar-refractivity contribution is -0.0160. The lowest BCUT2D eigenvalue weighted by Crippen LogP contribution is -2.51. The number of benzene rings is 1. The van der Waals surface area contributed by atoms with Crippen LogP contribution in [0, 0.1) is 5.41 Å². The van der Waals surface area contributed by atoms with Gasteiger partial charge in [-0.15, -0.1) is 5.10 Å². The molecular formula is C19H24ClN5O3S. The van der Waals surface area contributed by atoms with E-state index in [9.17, 15) is 13.2 Å². The Morgan fingerprint density at radius 3 is 2.62 bits per heavy atom. The molecule has 1 atom stereocenters. The molecular weight excluding hydrogens is 414 g/mol. The molecule has 2 aromatic rings. The number of hydrogen-bond donors (Lipinski definition) is 1. The number of halogens is 1. The number of nitrogens with zero attached hydrogens (tertiary/aromatic N) is 4. The second kappa shape index (κ2) is 7.70. The van der Waals surface area contributed by atoms with Gasteiger partial charge in [-0.25, -0.2) is 17.4 Å². The highest BCUT2D eigenvalue weighted by molar-refractivity contribution is 7.88. The predicted octanol–water partition coefficient (Wildman–Crippen LogP) is 2.24. The summed E-state index contributed by atoms with van der Waals surface area (Å²) in [5.41, 5.74) is 0.944. The summed E-state index contributed by atoms with van der Waals surface area (Å²) < 4.78 is 29.1. The van der Waals surface area contributed by atoms with Gasteiger partial charge in [0.2, 0.25) is 10.0 Å². The Labute approximate surface area is 175 Å². The molecule has 29 heavy (non-hydrogen) atoms. The second-order valence-corrected chi connectivity index (χ2v) is 10.2. The Morgan fingerprint density at radius 2 is 2.00 bits per heavy atom. The molecule has 1 aliphatic heterocycles. The molecule has 1 saturated heterocycles. The maximum absolute atomic E-state index is 12.9. The fourth-order valence-corrected chi connectivity index (χ4v) is 6.30. The molecule has 1 N–H and O–H groups in total. The van der Waals surface area contributed by atoms with E-state index in [1.165, 1.54) is 0 Å². The molecule has 1 spiro atoms. The van der Waals surface area contributed by atoms with Crippen molar-refractivity contribution >= 4 is 27.5 Å². The van der Waals surface area contributed by atoms with Crippen LogP contribution in [0.3, 0.4) is 0 Å². The summed E-state index contributed by atoms with van der Waals surface area (Å²) in [4.78, 5) is 11.7. The van der Waals surface area contributed by atoms with Crippen molar-refractivity contribution in [2.75, 3.05) is 20.1 Å². The van der Waals surface area contributed by atoms with E-state index in [-0.39, 0.29) is 23.1 Å². The van der Waals surface area contributed by atoms with E-state index in [0.717, 1.165) is 25.7 Å². The highest BCUT2D eigenvalue weighted by atomic mass is 35.5. The molecule has 4 rings (SSSR count). The first kappa shape index (κ1) is 20.3. The SMILES string of the molecule is CNC(=O)c1cn(C2CCC23CCN(S(=O)(=O)Cc2ccccc2Cl)CC3)nn1. The highest BCUT2D eigenvalue weighted by Crippen LogP contribution is 2.56. The van der Waals surface area contributed by atoms with Gasteiger partial charge in [0, 0.05) is 25.2 Å². The van der Waals surface area contributed by atoms with Gasteiger partial charge in [0.05, 0.1) is 18.0 Å². The molecule has 1 aromatic heterocycles. The normalized spacial score (nSPS) is 21.7. The van der Waals surface area contributed by atoms with Crippen molar-refractivity contribution in [2.24, 2.45) is 5.41 Å². The number of nitrogens with one attached hydrogen (secondary N) is 1. The van der Waals surface area contributed by atoms with E-state index in [1.807, 2.05) is 0 Å². The molecule has 1 saturated carbocycles. The fraction of sp³-hybridized carbons (Fsp3) is 0.526. The van der Waals surface area contributed by atoms with E-state index < -0.39 is 10.0 Å². The van der Waals surface area contributed by atoms with Gasteiger partial charge in [0.1, 0.15) is 0 Å². The van der Waals surface area contributed by atoms with E-state index >= 15 is 0 Å². The zero-order valence-corrected chi connectivity index (χ0v) is 17.8. The summed E-state index contributed by atoms with van der Waals surface area (Å²) in [5, 5.41) is 11.1. The first-order valence-electron chi connectivity index (χ1n) is 9.70. The molecule has 2 aliphatic rings. The average molecular weight is 438 g/mol. The minimum absolute atomic E-state index is 0.0179. The molecule has 10 heteroatoms. The Hall–Kier alpha value is -1.97. The maximum Gasteiger partial charge on any atom is 0.273 e. The van der Waals surface area contributed by atoms with Gasteiger partial charge in [0.25, 0.3) is 5.91 Å². The molecule has 1 aliphatic carbocycles. The average Bonchev–Trinajstić information content (AvgIpc) is 3.17. The molecule has 2 heterocycles. The third-order valence-electron chi connectivity index (χ3n) is 6.32. The summed E-state index contributed by atoms with van der Waals surface area (Å²) in [6.45, 7) is 0.973. The van der Waals surface area contributed by atoms with Gasteiger partial charge in [-0.2, -0.15) is 0 Å². The lowest BCUT2D eigenvalue weighted by atomic mass is 9.59. The van der Waals surface area contributed by atoms with E-state index in [1.54, 1.807) is 46.5 Å². The molecule has 2 fully saturated rings. The smallest absolute Gasteiger partial charge is 0.273 e. The van der Waals surface area contributed by atoms with Crippen molar-refractivity contribution in [1.82, 2.24) is 24.6 Å². The molecule has 0 bridgehead atoms. The molecule has 1 unspecified atom stereocenters. The molecule has 1 aromatic carbocycles. The minimum atomic E-state index is -3.42. The van der Waals surface area contributed by atoms with Crippen molar-refractivity contribution in [3.8, 4) is 0 Å². The van der Waals surface area contributed by atoms with Crippen LogP contribution in [0.5, 0.6) is 0 Å². The summed E-state index contributed by atoms with van der Waals surface area (Å²) in [6, 6.07) is 7.21. The number of amides is 1. The van der Waals surface area contributed by atoms with Gasteiger partial charge in [0.15, 0.2) is 5.69 Å². The zero-order valence-electron chi connectivity index (χ0n) is 16.2. The third kappa shape index (κ3) is 3.78. The number of rotatable bonds is 5. The largest absolute Gasteiger partial charge is 0.354 e. The van der Waals surface area contributed by atoms with E-state index in [4.69, 9.17) is 11.6 Å². The number of carbonyl (C=O) groups excluding carboxylic acids is 1. The standard InChI is InChI=1S/C19H24ClN5O3S/c1-21-18(26)16-12-25(23-22-16)17-6-7-19(17)8-10-24(11-9-19)29(27,28)13-14-4-2-3-5-15(14)20/h2-5,12,17H,6-11,13H2,1H3,(H,21,26). The Morgan fingerprint density at radius 1 is 1.28 bits per heavy atom. The third-order valence-corrected chi connectivity index (χ3v) is 8.52. The number of aromatic nitrogens is 3. The van der Waals surface area contributed by atoms with Crippen LogP contribution >= 0.6 is 11.6 Å². The van der Waals surface area contributed by atoms with Gasteiger partial charge in [-0.3, -0.25) is 4.79 Å². The fourth-order valence-electron chi connectivity index (χ4n) is 4.45. The van der Waals surface area contributed by atoms with Crippen LogP contribution in [-0.4, -0.2) is 53.8 Å². The monoisotopic (exact) mass is 437 g/mol. The van der Waals surface area contributed by atoms with E-state index in [0.29, 0.717) is 29.4 Å². The van der Waals surface area contributed by atoms with Crippen LogP contribution in [0.4, 0.5) is 0 Å². The predicted molar refractivity (Wildman–Crippen MR) is 109 cm³/mol. The van der Waals surface area contributed by atoms with Crippen LogP contribution in [0.1, 0.15) is 47.8 Å².